The van der Waals surface area contributed by atoms with Crippen LogP contribution in [0.5, 0.6) is 5.75 Å². The summed E-state index contributed by atoms with van der Waals surface area (Å²) in [6.45, 7) is 7.86. The van der Waals surface area contributed by atoms with Crippen LogP contribution in [-0.4, -0.2) is 22.5 Å². The Balaban J connectivity index is 2.15. The van der Waals surface area contributed by atoms with Crippen LogP contribution in [0.25, 0.3) is 0 Å². The van der Waals surface area contributed by atoms with E-state index in [1.54, 1.807) is 18.2 Å². The van der Waals surface area contributed by atoms with Crippen molar-refractivity contribution < 1.29 is 14.6 Å². The molecule has 20 heavy (non-hydrogen) atoms. The van der Waals surface area contributed by atoms with Gasteiger partial charge in [-0.3, -0.25) is 4.99 Å². The van der Waals surface area contributed by atoms with Crippen LogP contribution >= 0.6 is 11.6 Å². The van der Waals surface area contributed by atoms with E-state index in [4.69, 9.17) is 21.1 Å². The van der Waals surface area contributed by atoms with Gasteiger partial charge in [0.25, 0.3) is 5.95 Å². The SMILES string of the molecule is CC1(C)OC(=CC=Nc2cc(Cl)ccc2O)OC1(C)C. The first kappa shape index (κ1) is 14.7. The molecule has 0 amide bonds. The highest BCUT2D eigenvalue weighted by molar-refractivity contribution is 6.30. The van der Waals surface area contributed by atoms with Gasteiger partial charge in [0.2, 0.25) is 0 Å². The number of nitrogens with zero attached hydrogens (tertiary/aromatic N) is 1. The molecular formula is C15H18ClNO3. The third-order valence-electron chi connectivity index (χ3n) is 3.52. The Labute approximate surface area is 123 Å². The molecule has 0 aliphatic carbocycles. The first-order valence-electron chi connectivity index (χ1n) is 6.32. The van der Waals surface area contributed by atoms with Gasteiger partial charge in [-0.15, -0.1) is 0 Å². The Morgan fingerprint density at radius 3 is 2.35 bits per heavy atom. The smallest absolute Gasteiger partial charge is 0.282 e. The predicted octanol–water partition coefficient (Wildman–Crippen LogP) is 4.19. The third-order valence-corrected chi connectivity index (χ3v) is 3.76. The van der Waals surface area contributed by atoms with Gasteiger partial charge in [0, 0.05) is 17.3 Å². The highest BCUT2D eigenvalue weighted by Crippen LogP contribution is 2.39. The predicted molar refractivity (Wildman–Crippen MR) is 79.7 cm³/mol. The number of aromatic hydroxyl groups is 1. The normalized spacial score (nSPS) is 19.8. The van der Waals surface area contributed by atoms with Gasteiger partial charge in [0.05, 0.1) is 0 Å². The van der Waals surface area contributed by atoms with Crippen molar-refractivity contribution in [2.45, 2.75) is 38.9 Å². The van der Waals surface area contributed by atoms with E-state index in [-0.39, 0.29) is 5.75 Å². The van der Waals surface area contributed by atoms with Gasteiger partial charge in [0.15, 0.2) is 0 Å². The van der Waals surface area contributed by atoms with Crippen molar-refractivity contribution in [3.63, 3.8) is 0 Å². The second-order valence-electron chi connectivity index (χ2n) is 5.62. The van der Waals surface area contributed by atoms with Crippen molar-refractivity contribution in [2.24, 2.45) is 4.99 Å². The molecule has 0 atom stereocenters. The zero-order valence-electron chi connectivity index (χ0n) is 12.0. The molecule has 0 unspecified atom stereocenters. The van der Waals surface area contributed by atoms with E-state index in [0.29, 0.717) is 16.7 Å². The summed E-state index contributed by atoms with van der Waals surface area (Å²) in [5.74, 6) is 0.475. The van der Waals surface area contributed by atoms with Gasteiger partial charge in [-0.25, -0.2) is 0 Å². The van der Waals surface area contributed by atoms with Crippen molar-refractivity contribution in [2.75, 3.05) is 0 Å². The molecular weight excluding hydrogens is 278 g/mol. The number of allylic oxidation sites excluding steroid dienone is 1. The number of ether oxygens (including phenoxy) is 2. The lowest BCUT2D eigenvalue weighted by molar-refractivity contribution is 0.00578. The molecule has 1 aromatic carbocycles. The summed E-state index contributed by atoms with van der Waals surface area (Å²) in [5, 5.41) is 10.1. The fourth-order valence-electron chi connectivity index (χ4n) is 1.62. The summed E-state index contributed by atoms with van der Waals surface area (Å²) >= 11 is 5.85. The summed E-state index contributed by atoms with van der Waals surface area (Å²) < 4.78 is 11.4. The first-order chi connectivity index (χ1) is 9.21. The lowest BCUT2D eigenvalue weighted by atomic mass is 9.90. The van der Waals surface area contributed by atoms with Crippen LogP contribution in [0, 0.1) is 0 Å². The molecule has 1 saturated heterocycles. The van der Waals surface area contributed by atoms with Gasteiger partial charge in [-0.2, -0.15) is 0 Å². The maximum Gasteiger partial charge on any atom is 0.282 e. The fourth-order valence-corrected chi connectivity index (χ4v) is 1.78. The second-order valence-corrected chi connectivity index (χ2v) is 6.06. The molecule has 5 heteroatoms. The van der Waals surface area contributed by atoms with Crippen molar-refractivity contribution in [1.82, 2.24) is 0 Å². The van der Waals surface area contributed by atoms with Gasteiger partial charge in [0.1, 0.15) is 22.6 Å². The molecule has 1 N–H and O–H groups in total. The molecule has 0 bridgehead atoms. The first-order valence-corrected chi connectivity index (χ1v) is 6.70. The Hall–Kier alpha value is -1.68. The molecule has 108 valence electrons. The summed E-state index contributed by atoms with van der Waals surface area (Å²) in [4.78, 5) is 4.13. The van der Waals surface area contributed by atoms with Crippen LogP contribution in [0.1, 0.15) is 27.7 Å². The zero-order chi connectivity index (χ0) is 15.0. The Kier molecular flexibility index (Phi) is 3.69. The quantitative estimate of drug-likeness (QED) is 0.832. The monoisotopic (exact) mass is 295 g/mol. The molecule has 1 aliphatic heterocycles. The number of phenols is 1. The van der Waals surface area contributed by atoms with E-state index in [1.165, 1.54) is 12.3 Å². The van der Waals surface area contributed by atoms with Crippen LogP contribution in [0.4, 0.5) is 5.69 Å². The summed E-state index contributed by atoms with van der Waals surface area (Å²) in [7, 11) is 0. The maximum absolute atomic E-state index is 9.64. The topological polar surface area (TPSA) is 51.0 Å². The largest absolute Gasteiger partial charge is 0.506 e. The van der Waals surface area contributed by atoms with Crippen LogP contribution in [0.3, 0.4) is 0 Å². The van der Waals surface area contributed by atoms with Crippen molar-refractivity contribution >= 4 is 23.5 Å². The summed E-state index contributed by atoms with van der Waals surface area (Å²) in [5.41, 5.74) is -0.429. The number of hydrogen-bond donors (Lipinski definition) is 1. The molecule has 1 aliphatic rings. The van der Waals surface area contributed by atoms with E-state index < -0.39 is 11.2 Å². The molecule has 0 spiro atoms. The van der Waals surface area contributed by atoms with Crippen LogP contribution in [-0.2, 0) is 9.47 Å². The van der Waals surface area contributed by atoms with E-state index in [0.717, 1.165) is 0 Å². The minimum Gasteiger partial charge on any atom is -0.506 e. The fraction of sp³-hybridized carbons (Fsp3) is 0.400. The molecule has 1 heterocycles. The van der Waals surface area contributed by atoms with E-state index in [1.807, 2.05) is 27.7 Å². The molecule has 0 aromatic heterocycles. The average molecular weight is 296 g/mol. The maximum atomic E-state index is 9.64. The summed E-state index contributed by atoms with van der Waals surface area (Å²) in [6.07, 6.45) is 3.13. The van der Waals surface area contributed by atoms with Gasteiger partial charge >= 0.3 is 0 Å². The number of aliphatic imine (C=N–C) groups is 1. The van der Waals surface area contributed by atoms with Gasteiger partial charge in [-0.05, 0) is 45.9 Å². The standard InChI is InChI=1S/C15H18ClNO3/c1-14(2)15(3,4)20-13(19-14)7-8-17-11-9-10(16)5-6-12(11)18/h5-9,18H,1-4H3. The Bertz CT molecular complexity index is 558. The number of rotatable bonds is 2. The van der Waals surface area contributed by atoms with Gasteiger partial charge < -0.3 is 14.6 Å². The number of hydrogen-bond acceptors (Lipinski definition) is 4. The van der Waals surface area contributed by atoms with Crippen LogP contribution < -0.4 is 0 Å². The van der Waals surface area contributed by atoms with Crippen molar-refractivity contribution in [3.05, 3.63) is 35.2 Å². The third kappa shape index (κ3) is 2.90. The molecule has 2 rings (SSSR count). The Morgan fingerprint density at radius 1 is 1.15 bits per heavy atom. The molecule has 0 saturated carbocycles. The lowest BCUT2D eigenvalue weighted by Gasteiger charge is -2.28. The van der Waals surface area contributed by atoms with E-state index >= 15 is 0 Å². The highest BCUT2D eigenvalue weighted by Gasteiger charge is 2.48. The lowest BCUT2D eigenvalue weighted by Crippen LogP contribution is -2.41. The molecule has 0 radical (unpaired) electrons. The second kappa shape index (κ2) is 5.02. The van der Waals surface area contributed by atoms with Crippen LogP contribution in [0.15, 0.2) is 35.2 Å². The number of benzene rings is 1. The molecule has 1 fully saturated rings. The summed E-state index contributed by atoms with van der Waals surface area (Å²) in [6, 6.07) is 4.68. The van der Waals surface area contributed by atoms with Gasteiger partial charge in [-0.1, -0.05) is 11.6 Å². The Morgan fingerprint density at radius 2 is 1.75 bits per heavy atom. The van der Waals surface area contributed by atoms with Crippen LogP contribution in [0.2, 0.25) is 5.02 Å². The van der Waals surface area contributed by atoms with E-state index in [9.17, 15) is 5.11 Å². The number of halogens is 1. The van der Waals surface area contributed by atoms with Crippen molar-refractivity contribution in [1.29, 1.82) is 0 Å². The average Bonchev–Trinajstić information content (AvgIpc) is 2.52. The highest BCUT2D eigenvalue weighted by atomic mass is 35.5. The van der Waals surface area contributed by atoms with E-state index in [2.05, 4.69) is 4.99 Å². The minimum absolute atomic E-state index is 0.0676. The zero-order valence-corrected chi connectivity index (χ0v) is 12.7. The van der Waals surface area contributed by atoms with Crippen molar-refractivity contribution in [3.8, 4) is 5.75 Å². The minimum atomic E-state index is -0.412. The number of phenolic OH excluding ortho intramolecular Hbond substituents is 1. The molecule has 1 aromatic rings. The molecule has 4 nitrogen and oxygen atoms in total.